The molecule has 0 saturated heterocycles. The van der Waals surface area contributed by atoms with Gasteiger partial charge in [-0.15, -0.1) is 0 Å². The molecule has 1 heterocycles. The summed E-state index contributed by atoms with van der Waals surface area (Å²) in [7, 11) is 0. The molecule has 1 aliphatic rings. The monoisotopic (exact) mass is 298 g/mol. The molecule has 5 nitrogen and oxygen atoms in total. The predicted molar refractivity (Wildman–Crippen MR) is 86.0 cm³/mol. The summed E-state index contributed by atoms with van der Waals surface area (Å²) in [6, 6.07) is 9.92. The van der Waals surface area contributed by atoms with Gasteiger partial charge in [0.25, 0.3) is 5.91 Å². The molecular formula is C17H22N4O. The first-order valence-electron chi connectivity index (χ1n) is 7.86. The van der Waals surface area contributed by atoms with Crippen molar-refractivity contribution in [3.63, 3.8) is 0 Å². The van der Waals surface area contributed by atoms with Crippen molar-refractivity contribution in [1.29, 1.82) is 0 Å². The van der Waals surface area contributed by atoms with Gasteiger partial charge < -0.3 is 11.1 Å². The minimum absolute atomic E-state index is 0.0678. The highest BCUT2D eigenvalue weighted by Crippen LogP contribution is 2.31. The van der Waals surface area contributed by atoms with Crippen LogP contribution in [0.2, 0.25) is 0 Å². The number of amides is 1. The van der Waals surface area contributed by atoms with Crippen LogP contribution < -0.4 is 11.1 Å². The first kappa shape index (κ1) is 14.8. The summed E-state index contributed by atoms with van der Waals surface area (Å²) in [5.41, 5.74) is 8.56. The number of nitrogens with one attached hydrogen (secondary N) is 1. The van der Waals surface area contributed by atoms with Crippen LogP contribution in [0.1, 0.15) is 35.8 Å². The molecule has 2 aromatic rings. The molecule has 1 saturated carbocycles. The highest BCUT2D eigenvalue weighted by Gasteiger charge is 2.28. The number of para-hydroxylation sites is 1. The fourth-order valence-corrected chi connectivity index (χ4v) is 2.69. The zero-order valence-electron chi connectivity index (χ0n) is 12.8. The molecule has 5 heteroatoms. The molecule has 3 N–H and O–H groups in total. The van der Waals surface area contributed by atoms with Gasteiger partial charge in [0.1, 0.15) is 0 Å². The number of carbonyl (C=O) groups is 1. The third kappa shape index (κ3) is 3.04. The molecule has 116 valence electrons. The average molecular weight is 298 g/mol. The molecule has 0 radical (unpaired) electrons. The quantitative estimate of drug-likeness (QED) is 0.855. The Morgan fingerprint density at radius 3 is 2.77 bits per heavy atom. The number of hydrogen-bond donors (Lipinski definition) is 2. The third-order valence-electron chi connectivity index (χ3n) is 4.17. The zero-order chi connectivity index (χ0) is 15.5. The number of hydrogen-bond acceptors (Lipinski definition) is 3. The molecular weight excluding hydrogens is 276 g/mol. The average Bonchev–Trinajstić information content (AvgIpc) is 3.31. The summed E-state index contributed by atoms with van der Waals surface area (Å²) < 4.78 is 1.83. The predicted octanol–water partition coefficient (Wildman–Crippen LogP) is 1.90. The lowest BCUT2D eigenvalue weighted by Gasteiger charge is -2.12. The van der Waals surface area contributed by atoms with Crippen molar-refractivity contribution in [3.8, 4) is 5.69 Å². The highest BCUT2D eigenvalue weighted by atomic mass is 16.1. The van der Waals surface area contributed by atoms with E-state index in [9.17, 15) is 4.79 Å². The van der Waals surface area contributed by atoms with E-state index < -0.39 is 0 Å². The second-order valence-corrected chi connectivity index (χ2v) is 5.82. The van der Waals surface area contributed by atoms with E-state index >= 15 is 0 Å². The van der Waals surface area contributed by atoms with Crippen LogP contribution in [-0.2, 0) is 6.42 Å². The molecule has 1 aromatic heterocycles. The molecule has 0 aliphatic heterocycles. The van der Waals surface area contributed by atoms with Gasteiger partial charge >= 0.3 is 0 Å². The van der Waals surface area contributed by atoms with Crippen molar-refractivity contribution in [3.05, 3.63) is 47.8 Å². The van der Waals surface area contributed by atoms with Gasteiger partial charge in [0, 0.05) is 12.6 Å². The SMILES string of the molecule is CCc1c(C(=O)NCC(N)C2CC2)cnn1-c1ccccc1. The standard InChI is InChI=1S/C17H22N4O/c1-2-16-14(17(22)19-11-15(18)12-8-9-12)10-20-21(16)13-6-4-3-5-7-13/h3-7,10,12,15H,2,8-9,11,18H2,1H3,(H,19,22). The summed E-state index contributed by atoms with van der Waals surface area (Å²) >= 11 is 0. The van der Waals surface area contributed by atoms with Crippen LogP contribution in [0.15, 0.2) is 36.5 Å². The minimum atomic E-state index is -0.0878. The normalized spacial score (nSPS) is 15.5. The van der Waals surface area contributed by atoms with Crippen LogP contribution in [0.4, 0.5) is 0 Å². The maximum absolute atomic E-state index is 12.4. The lowest BCUT2D eigenvalue weighted by molar-refractivity contribution is 0.0949. The second-order valence-electron chi connectivity index (χ2n) is 5.82. The van der Waals surface area contributed by atoms with Crippen molar-refractivity contribution in [2.24, 2.45) is 11.7 Å². The van der Waals surface area contributed by atoms with Crippen LogP contribution in [0.25, 0.3) is 5.69 Å². The maximum atomic E-state index is 12.4. The summed E-state index contributed by atoms with van der Waals surface area (Å²) in [6.45, 7) is 2.56. The van der Waals surface area contributed by atoms with E-state index in [0.717, 1.165) is 17.8 Å². The summed E-state index contributed by atoms with van der Waals surface area (Å²) in [4.78, 5) is 12.4. The molecule has 1 aliphatic carbocycles. The lowest BCUT2D eigenvalue weighted by atomic mass is 10.1. The van der Waals surface area contributed by atoms with Crippen molar-refractivity contribution in [2.45, 2.75) is 32.2 Å². The molecule has 1 fully saturated rings. The Balaban J connectivity index is 1.76. The number of carbonyl (C=O) groups excluding carboxylic acids is 1. The van der Waals surface area contributed by atoms with E-state index in [1.807, 2.05) is 41.9 Å². The van der Waals surface area contributed by atoms with E-state index in [1.165, 1.54) is 12.8 Å². The van der Waals surface area contributed by atoms with Gasteiger partial charge in [-0.2, -0.15) is 5.10 Å². The van der Waals surface area contributed by atoms with Crippen LogP contribution in [0.3, 0.4) is 0 Å². The Hall–Kier alpha value is -2.14. The molecule has 3 rings (SSSR count). The van der Waals surface area contributed by atoms with Gasteiger partial charge in [-0.3, -0.25) is 4.79 Å². The van der Waals surface area contributed by atoms with Gasteiger partial charge in [0.15, 0.2) is 0 Å². The van der Waals surface area contributed by atoms with E-state index in [-0.39, 0.29) is 11.9 Å². The first-order valence-corrected chi connectivity index (χ1v) is 7.86. The lowest BCUT2D eigenvalue weighted by Crippen LogP contribution is -2.38. The fraction of sp³-hybridized carbons (Fsp3) is 0.412. The van der Waals surface area contributed by atoms with E-state index in [2.05, 4.69) is 10.4 Å². The van der Waals surface area contributed by atoms with Gasteiger partial charge in [0.05, 0.1) is 23.1 Å². The number of nitrogens with two attached hydrogens (primary N) is 1. The van der Waals surface area contributed by atoms with E-state index in [1.54, 1.807) is 6.20 Å². The third-order valence-corrected chi connectivity index (χ3v) is 4.17. The van der Waals surface area contributed by atoms with Crippen LogP contribution in [-0.4, -0.2) is 28.3 Å². The Morgan fingerprint density at radius 2 is 2.14 bits per heavy atom. The Kier molecular flexibility index (Phi) is 4.24. The van der Waals surface area contributed by atoms with E-state index in [0.29, 0.717) is 18.0 Å². The fourth-order valence-electron chi connectivity index (χ4n) is 2.69. The van der Waals surface area contributed by atoms with Crippen molar-refractivity contribution >= 4 is 5.91 Å². The Bertz CT molecular complexity index is 646. The van der Waals surface area contributed by atoms with Gasteiger partial charge in [-0.1, -0.05) is 25.1 Å². The van der Waals surface area contributed by atoms with E-state index in [4.69, 9.17) is 5.73 Å². The summed E-state index contributed by atoms with van der Waals surface area (Å²) in [5.74, 6) is 0.494. The Morgan fingerprint density at radius 1 is 1.41 bits per heavy atom. The topological polar surface area (TPSA) is 72.9 Å². The van der Waals surface area contributed by atoms with Crippen LogP contribution >= 0.6 is 0 Å². The summed E-state index contributed by atoms with van der Waals surface area (Å²) in [5, 5.41) is 7.32. The molecule has 1 amide bonds. The van der Waals surface area contributed by atoms with Gasteiger partial charge in [-0.05, 0) is 37.3 Å². The van der Waals surface area contributed by atoms with Crippen molar-refractivity contribution < 1.29 is 4.79 Å². The molecule has 0 bridgehead atoms. The van der Waals surface area contributed by atoms with Crippen LogP contribution in [0, 0.1) is 5.92 Å². The van der Waals surface area contributed by atoms with Crippen molar-refractivity contribution in [2.75, 3.05) is 6.54 Å². The van der Waals surface area contributed by atoms with Gasteiger partial charge in [-0.25, -0.2) is 4.68 Å². The number of benzene rings is 1. The highest BCUT2D eigenvalue weighted by molar-refractivity contribution is 5.95. The molecule has 1 aromatic carbocycles. The largest absolute Gasteiger partial charge is 0.350 e. The second kappa shape index (κ2) is 6.32. The first-order chi connectivity index (χ1) is 10.7. The molecule has 1 unspecified atom stereocenters. The Labute approximate surface area is 130 Å². The molecule has 1 atom stereocenters. The minimum Gasteiger partial charge on any atom is -0.350 e. The zero-order valence-corrected chi connectivity index (χ0v) is 12.8. The number of aromatic nitrogens is 2. The number of rotatable bonds is 6. The van der Waals surface area contributed by atoms with Crippen molar-refractivity contribution in [1.82, 2.24) is 15.1 Å². The molecule has 0 spiro atoms. The van der Waals surface area contributed by atoms with Crippen LogP contribution in [0.5, 0.6) is 0 Å². The maximum Gasteiger partial charge on any atom is 0.254 e. The molecule has 22 heavy (non-hydrogen) atoms. The number of nitrogens with zero attached hydrogens (tertiary/aromatic N) is 2. The van der Waals surface area contributed by atoms with Gasteiger partial charge in [0.2, 0.25) is 0 Å². The smallest absolute Gasteiger partial charge is 0.254 e. The summed E-state index contributed by atoms with van der Waals surface area (Å²) in [6.07, 6.45) is 4.75.